The average Bonchev–Trinajstić information content (AvgIpc) is 3.18. The number of aromatic nitrogens is 3. The summed E-state index contributed by atoms with van der Waals surface area (Å²) in [6.07, 6.45) is 1.45. The molecular formula is C17H13BrN4O2S2. The average molecular weight is 449 g/mol. The quantitative estimate of drug-likeness (QED) is 0.505. The number of fused-ring (bicyclic) bond motifs is 1. The molecule has 9 heteroatoms. The third-order valence-corrected chi connectivity index (χ3v) is 7.20. The third-order valence-electron chi connectivity index (χ3n) is 3.78. The van der Waals surface area contributed by atoms with E-state index in [1.807, 2.05) is 36.4 Å². The summed E-state index contributed by atoms with van der Waals surface area (Å²) in [6, 6.07) is 15.1. The minimum Gasteiger partial charge on any atom is -0.278 e. The Labute approximate surface area is 162 Å². The summed E-state index contributed by atoms with van der Waals surface area (Å²) in [5.74, 6) is 0. The molecule has 0 atom stereocenters. The van der Waals surface area contributed by atoms with Gasteiger partial charge in [-0.3, -0.25) is 9.40 Å². The van der Waals surface area contributed by atoms with E-state index in [1.165, 1.54) is 10.9 Å². The first-order valence-electron chi connectivity index (χ1n) is 7.60. The summed E-state index contributed by atoms with van der Waals surface area (Å²) in [7, 11) is -2.16. The van der Waals surface area contributed by atoms with Crippen LogP contribution in [0.5, 0.6) is 0 Å². The van der Waals surface area contributed by atoms with E-state index in [0.717, 1.165) is 20.8 Å². The number of hydrogen-bond acceptors (Lipinski definition) is 5. The molecule has 0 unspecified atom stereocenters. The summed E-state index contributed by atoms with van der Waals surface area (Å²) in [5.41, 5.74) is 2.37. The van der Waals surface area contributed by atoms with Crippen LogP contribution in [-0.2, 0) is 17.1 Å². The van der Waals surface area contributed by atoms with E-state index in [-0.39, 0.29) is 5.03 Å². The van der Waals surface area contributed by atoms with Crippen molar-refractivity contribution in [1.82, 2.24) is 14.8 Å². The molecule has 0 bridgehead atoms. The van der Waals surface area contributed by atoms with Crippen molar-refractivity contribution in [2.75, 3.05) is 4.72 Å². The van der Waals surface area contributed by atoms with Crippen molar-refractivity contribution in [3.05, 3.63) is 59.2 Å². The number of nitrogens with one attached hydrogen (secondary N) is 1. The van der Waals surface area contributed by atoms with Gasteiger partial charge in [0.25, 0.3) is 10.0 Å². The summed E-state index contributed by atoms with van der Waals surface area (Å²) in [4.78, 5) is 4.61. The maximum Gasteiger partial charge on any atom is 0.280 e. The first-order valence-corrected chi connectivity index (χ1v) is 10.7. The van der Waals surface area contributed by atoms with Gasteiger partial charge in [0.2, 0.25) is 0 Å². The van der Waals surface area contributed by atoms with Crippen molar-refractivity contribution in [2.24, 2.45) is 7.05 Å². The summed E-state index contributed by atoms with van der Waals surface area (Å²) >= 11 is 4.82. The van der Waals surface area contributed by atoms with Crippen LogP contribution in [0.2, 0.25) is 0 Å². The zero-order chi connectivity index (χ0) is 18.3. The van der Waals surface area contributed by atoms with E-state index in [0.29, 0.717) is 10.2 Å². The molecule has 6 nitrogen and oxygen atoms in total. The minimum absolute atomic E-state index is 0.0766. The van der Waals surface area contributed by atoms with E-state index >= 15 is 0 Å². The topological polar surface area (TPSA) is 76.9 Å². The van der Waals surface area contributed by atoms with Gasteiger partial charge in [0.1, 0.15) is 5.01 Å². The highest BCUT2D eigenvalue weighted by Crippen LogP contribution is 2.31. The van der Waals surface area contributed by atoms with Crippen LogP contribution in [0, 0.1) is 0 Å². The zero-order valence-corrected chi connectivity index (χ0v) is 16.8. The van der Waals surface area contributed by atoms with Gasteiger partial charge in [-0.05, 0) is 52.3 Å². The maximum atomic E-state index is 12.6. The number of nitrogens with zero attached hydrogens (tertiary/aromatic N) is 3. The Balaban J connectivity index is 1.62. The molecule has 2 aromatic carbocycles. The Kier molecular flexibility index (Phi) is 4.29. The molecule has 4 rings (SSSR count). The molecule has 4 aromatic rings. The first-order chi connectivity index (χ1) is 12.4. The van der Waals surface area contributed by atoms with Gasteiger partial charge in [-0.1, -0.05) is 12.1 Å². The fraction of sp³-hybridized carbons (Fsp3) is 0.0588. The minimum atomic E-state index is -3.74. The van der Waals surface area contributed by atoms with Gasteiger partial charge in [0.05, 0.1) is 20.9 Å². The second kappa shape index (κ2) is 6.49. The summed E-state index contributed by atoms with van der Waals surface area (Å²) in [5, 5.41) is 4.92. The highest BCUT2D eigenvalue weighted by atomic mass is 79.9. The number of aryl methyl sites for hydroxylation is 1. The smallest absolute Gasteiger partial charge is 0.278 e. The van der Waals surface area contributed by atoms with Crippen LogP contribution < -0.4 is 4.72 Å². The Morgan fingerprint density at radius 1 is 1.12 bits per heavy atom. The van der Waals surface area contributed by atoms with E-state index in [2.05, 4.69) is 30.7 Å². The number of benzene rings is 2. The predicted octanol–water partition coefficient (Wildman–Crippen LogP) is 4.26. The van der Waals surface area contributed by atoms with E-state index < -0.39 is 10.0 Å². The van der Waals surface area contributed by atoms with Crippen molar-refractivity contribution >= 4 is 53.2 Å². The monoisotopic (exact) mass is 448 g/mol. The lowest BCUT2D eigenvalue weighted by atomic mass is 10.2. The van der Waals surface area contributed by atoms with Gasteiger partial charge < -0.3 is 0 Å². The molecule has 0 saturated carbocycles. The van der Waals surface area contributed by atoms with Gasteiger partial charge in [0, 0.05) is 18.3 Å². The number of sulfonamides is 1. The lowest BCUT2D eigenvalue weighted by Crippen LogP contribution is -2.17. The normalized spacial score (nSPS) is 11.8. The fourth-order valence-corrected chi connectivity index (χ4v) is 5.79. The van der Waals surface area contributed by atoms with Crippen molar-refractivity contribution in [2.45, 2.75) is 5.03 Å². The second-order valence-electron chi connectivity index (χ2n) is 5.59. The lowest BCUT2D eigenvalue weighted by molar-refractivity contribution is 0.581. The number of hydrogen-bond donors (Lipinski definition) is 1. The molecule has 26 heavy (non-hydrogen) atoms. The van der Waals surface area contributed by atoms with E-state index in [1.54, 1.807) is 30.5 Å². The number of halogens is 1. The van der Waals surface area contributed by atoms with Crippen LogP contribution in [0.25, 0.3) is 20.8 Å². The van der Waals surface area contributed by atoms with Crippen LogP contribution in [-0.4, -0.2) is 23.2 Å². The molecule has 0 fully saturated rings. The van der Waals surface area contributed by atoms with E-state index in [9.17, 15) is 8.42 Å². The summed E-state index contributed by atoms with van der Waals surface area (Å²) in [6.45, 7) is 0. The fourth-order valence-electron chi connectivity index (χ4n) is 2.58. The first kappa shape index (κ1) is 17.2. The van der Waals surface area contributed by atoms with Crippen molar-refractivity contribution in [3.63, 3.8) is 0 Å². The Morgan fingerprint density at radius 2 is 1.85 bits per heavy atom. The van der Waals surface area contributed by atoms with Crippen LogP contribution in [0.15, 0.2) is 64.2 Å². The third kappa shape index (κ3) is 3.13. The maximum absolute atomic E-state index is 12.6. The van der Waals surface area contributed by atoms with Gasteiger partial charge in [-0.2, -0.15) is 13.5 Å². The van der Waals surface area contributed by atoms with Crippen LogP contribution in [0.3, 0.4) is 0 Å². The molecule has 0 radical (unpaired) electrons. The molecule has 1 N–H and O–H groups in total. The second-order valence-corrected chi connectivity index (χ2v) is 9.07. The highest BCUT2D eigenvalue weighted by Gasteiger charge is 2.22. The van der Waals surface area contributed by atoms with Gasteiger partial charge in [-0.25, -0.2) is 4.98 Å². The molecule has 0 saturated heterocycles. The van der Waals surface area contributed by atoms with Gasteiger partial charge in [0.15, 0.2) is 5.03 Å². The molecule has 0 spiro atoms. The molecule has 2 heterocycles. The predicted molar refractivity (Wildman–Crippen MR) is 107 cm³/mol. The molecule has 0 aliphatic rings. The van der Waals surface area contributed by atoms with Gasteiger partial charge in [-0.15, -0.1) is 11.3 Å². The zero-order valence-electron chi connectivity index (χ0n) is 13.5. The Morgan fingerprint density at radius 3 is 2.50 bits per heavy atom. The standard InChI is InChI=1S/C17H13BrN4O2S2/c1-22-17(13(18)10-19-22)26(23,24)21-12-8-6-11(7-9-12)16-20-14-4-2-3-5-15(14)25-16/h2-10,21H,1H3. The van der Waals surface area contributed by atoms with Gasteiger partial charge >= 0.3 is 0 Å². The Bertz CT molecular complexity index is 1140. The molecule has 2 aromatic heterocycles. The van der Waals surface area contributed by atoms with E-state index in [4.69, 9.17) is 0 Å². The van der Waals surface area contributed by atoms with Crippen LogP contribution >= 0.6 is 27.3 Å². The van der Waals surface area contributed by atoms with Crippen molar-refractivity contribution in [1.29, 1.82) is 0 Å². The van der Waals surface area contributed by atoms with Crippen LogP contribution in [0.4, 0.5) is 5.69 Å². The summed E-state index contributed by atoms with van der Waals surface area (Å²) < 4.78 is 30.5. The highest BCUT2D eigenvalue weighted by molar-refractivity contribution is 9.10. The van der Waals surface area contributed by atoms with Crippen molar-refractivity contribution in [3.8, 4) is 10.6 Å². The number of rotatable bonds is 4. The van der Waals surface area contributed by atoms with Crippen LogP contribution in [0.1, 0.15) is 0 Å². The largest absolute Gasteiger partial charge is 0.280 e. The number of thiazole rings is 1. The SMILES string of the molecule is Cn1ncc(Br)c1S(=O)(=O)Nc1ccc(-c2nc3ccccc3s2)cc1. The van der Waals surface area contributed by atoms with Crippen molar-refractivity contribution < 1.29 is 8.42 Å². The molecule has 0 aliphatic heterocycles. The molecular weight excluding hydrogens is 436 g/mol. The number of anilines is 1. The lowest BCUT2D eigenvalue weighted by Gasteiger charge is -2.09. The molecule has 132 valence electrons. The molecule has 0 aliphatic carbocycles. The molecule has 0 amide bonds. The number of para-hydroxylation sites is 1. The Hall–Kier alpha value is -2.23.